The predicted octanol–water partition coefficient (Wildman–Crippen LogP) is -0.0947. The topological polar surface area (TPSA) is 95.9 Å². The number of nitrogens with zero attached hydrogens (tertiary/aromatic N) is 1. The molecule has 138 valence electrons. The number of carbonyl (C=O) groups is 1. The van der Waals surface area contributed by atoms with Gasteiger partial charge < -0.3 is 9.84 Å². The van der Waals surface area contributed by atoms with Gasteiger partial charge in [-0.25, -0.2) is 13.5 Å². The zero-order valence-electron chi connectivity index (χ0n) is 13.1. The molecule has 1 amide bonds. The summed E-state index contributed by atoms with van der Waals surface area (Å²) in [6.45, 7) is -1.13. The highest BCUT2D eigenvalue weighted by atomic mass is 32.2. The monoisotopic (exact) mass is 368 g/mol. The SMILES string of the molecule is O=C1CN(C2C(O)CC3CCC(OCCF)CC3C2F)S(=O)(=O)N1. The molecule has 7 nitrogen and oxygen atoms in total. The lowest BCUT2D eigenvalue weighted by Crippen LogP contribution is -2.59. The molecule has 0 aromatic rings. The Kier molecular flexibility index (Phi) is 5.10. The van der Waals surface area contributed by atoms with E-state index in [1.807, 2.05) is 0 Å². The van der Waals surface area contributed by atoms with Gasteiger partial charge in [0.25, 0.3) is 0 Å². The number of carbonyl (C=O) groups excluding carboxylic acids is 1. The van der Waals surface area contributed by atoms with Gasteiger partial charge in [-0.05, 0) is 37.5 Å². The lowest BCUT2D eigenvalue weighted by atomic mass is 9.66. The molecule has 2 saturated carbocycles. The molecule has 0 aromatic heterocycles. The predicted molar refractivity (Wildman–Crippen MR) is 79.6 cm³/mol. The van der Waals surface area contributed by atoms with Gasteiger partial charge in [0.2, 0.25) is 5.91 Å². The fraction of sp³-hybridized carbons (Fsp3) is 0.929. The van der Waals surface area contributed by atoms with Gasteiger partial charge in [0.15, 0.2) is 0 Å². The van der Waals surface area contributed by atoms with Crippen LogP contribution in [-0.2, 0) is 19.7 Å². The zero-order chi connectivity index (χ0) is 17.5. The third-order valence-corrected chi connectivity index (χ3v) is 6.76. The first-order valence-electron chi connectivity index (χ1n) is 8.15. The minimum Gasteiger partial charge on any atom is -0.391 e. The molecular formula is C14H22F2N2O5S. The second-order valence-corrected chi connectivity index (χ2v) is 8.36. The number of nitrogens with one attached hydrogen (secondary N) is 1. The van der Waals surface area contributed by atoms with Crippen LogP contribution in [0.2, 0.25) is 0 Å². The third-order valence-electron chi connectivity index (χ3n) is 5.29. The first kappa shape index (κ1) is 18.0. The Bertz CT molecular complexity index is 590. The van der Waals surface area contributed by atoms with Crippen LogP contribution in [0.3, 0.4) is 0 Å². The molecule has 1 saturated heterocycles. The average Bonchev–Trinajstić information content (AvgIpc) is 2.78. The van der Waals surface area contributed by atoms with Crippen molar-refractivity contribution in [2.45, 2.75) is 50.1 Å². The van der Waals surface area contributed by atoms with Gasteiger partial charge >= 0.3 is 10.2 Å². The summed E-state index contributed by atoms with van der Waals surface area (Å²) < 4.78 is 59.2. The van der Waals surface area contributed by atoms with E-state index in [9.17, 15) is 22.7 Å². The Labute approximate surface area is 139 Å². The first-order chi connectivity index (χ1) is 11.3. The van der Waals surface area contributed by atoms with Crippen molar-refractivity contribution < 1.29 is 31.8 Å². The fourth-order valence-corrected chi connectivity index (χ4v) is 5.60. The Morgan fingerprint density at radius 3 is 2.71 bits per heavy atom. The van der Waals surface area contributed by atoms with Crippen LogP contribution in [0.1, 0.15) is 25.7 Å². The van der Waals surface area contributed by atoms with Crippen LogP contribution < -0.4 is 4.72 Å². The molecule has 0 bridgehead atoms. The number of hydrogen-bond acceptors (Lipinski definition) is 5. The maximum atomic E-state index is 15.1. The molecule has 3 rings (SSSR count). The molecule has 3 aliphatic rings. The number of aliphatic hydroxyl groups is 1. The molecular weight excluding hydrogens is 346 g/mol. The van der Waals surface area contributed by atoms with Crippen LogP contribution in [0.15, 0.2) is 0 Å². The number of halogens is 2. The van der Waals surface area contributed by atoms with Crippen molar-refractivity contribution in [3.05, 3.63) is 0 Å². The van der Waals surface area contributed by atoms with E-state index in [-0.39, 0.29) is 25.0 Å². The highest BCUT2D eigenvalue weighted by molar-refractivity contribution is 7.88. The van der Waals surface area contributed by atoms with E-state index in [1.54, 1.807) is 4.72 Å². The van der Waals surface area contributed by atoms with Gasteiger partial charge in [-0.3, -0.25) is 4.79 Å². The second kappa shape index (κ2) is 6.81. The van der Waals surface area contributed by atoms with E-state index in [0.717, 1.165) is 4.31 Å². The van der Waals surface area contributed by atoms with Crippen LogP contribution in [0, 0.1) is 11.8 Å². The molecule has 0 radical (unpaired) electrons. The van der Waals surface area contributed by atoms with Gasteiger partial charge in [0, 0.05) is 0 Å². The molecule has 1 heterocycles. The van der Waals surface area contributed by atoms with E-state index < -0.39 is 53.6 Å². The molecule has 1 aliphatic heterocycles. The molecule has 6 unspecified atom stereocenters. The van der Waals surface area contributed by atoms with E-state index in [1.165, 1.54) is 0 Å². The zero-order valence-corrected chi connectivity index (χ0v) is 13.9. The summed E-state index contributed by atoms with van der Waals surface area (Å²) in [5, 5.41) is 10.3. The van der Waals surface area contributed by atoms with Crippen LogP contribution >= 0.6 is 0 Å². The maximum Gasteiger partial charge on any atom is 0.304 e. The Morgan fingerprint density at radius 2 is 2.08 bits per heavy atom. The number of aliphatic hydroxyl groups excluding tert-OH is 1. The summed E-state index contributed by atoms with van der Waals surface area (Å²) >= 11 is 0. The van der Waals surface area contributed by atoms with E-state index >= 15 is 4.39 Å². The van der Waals surface area contributed by atoms with Gasteiger partial charge in [-0.15, -0.1) is 0 Å². The number of alkyl halides is 2. The van der Waals surface area contributed by atoms with E-state index in [2.05, 4.69) is 0 Å². The minimum atomic E-state index is -4.11. The Balaban J connectivity index is 1.76. The molecule has 0 spiro atoms. The largest absolute Gasteiger partial charge is 0.391 e. The highest BCUT2D eigenvalue weighted by Crippen LogP contribution is 2.45. The quantitative estimate of drug-likeness (QED) is 0.723. The van der Waals surface area contributed by atoms with Gasteiger partial charge in [0.05, 0.1) is 31.4 Å². The number of amides is 1. The summed E-state index contributed by atoms with van der Waals surface area (Å²) in [6, 6.07) is -1.28. The Morgan fingerprint density at radius 1 is 1.33 bits per heavy atom. The van der Waals surface area contributed by atoms with Crippen molar-refractivity contribution in [3.8, 4) is 0 Å². The number of fused-ring (bicyclic) bond motifs is 1. The van der Waals surface area contributed by atoms with Crippen LogP contribution in [0.4, 0.5) is 8.78 Å². The molecule has 0 aromatic carbocycles. The lowest BCUT2D eigenvalue weighted by Gasteiger charge is -2.47. The lowest BCUT2D eigenvalue weighted by molar-refractivity contribution is -0.120. The molecule has 6 atom stereocenters. The number of rotatable bonds is 4. The smallest absolute Gasteiger partial charge is 0.304 e. The van der Waals surface area contributed by atoms with Gasteiger partial charge in [0.1, 0.15) is 12.8 Å². The van der Waals surface area contributed by atoms with Crippen molar-refractivity contribution in [3.63, 3.8) is 0 Å². The summed E-state index contributed by atoms with van der Waals surface area (Å²) in [6.07, 6.45) is -1.05. The van der Waals surface area contributed by atoms with Crippen LogP contribution in [0.25, 0.3) is 0 Å². The summed E-state index contributed by atoms with van der Waals surface area (Å²) in [4.78, 5) is 11.4. The second-order valence-electron chi connectivity index (χ2n) is 6.73. The minimum absolute atomic E-state index is 0.0377. The van der Waals surface area contributed by atoms with Gasteiger partial charge in [-0.1, -0.05) is 0 Å². The Hall–Kier alpha value is -0.840. The number of hydrogen-bond donors (Lipinski definition) is 2. The van der Waals surface area contributed by atoms with Crippen molar-refractivity contribution in [2.75, 3.05) is 19.8 Å². The third kappa shape index (κ3) is 3.29. The summed E-state index contributed by atoms with van der Waals surface area (Å²) in [5.41, 5.74) is 0. The summed E-state index contributed by atoms with van der Waals surface area (Å²) in [7, 11) is -4.11. The fourth-order valence-electron chi connectivity index (χ4n) is 4.27. The summed E-state index contributed by atoms with van der Waals surface area (Å²) in [5.74, 6) is -1.27. The average molecular weight is 368 g/mol. The molecule has 2 N–H and O–H groups in total. The molecule has 24 heavy (non-hydrogen) atoms. The molecule has 3 fully saturated rings. The highest BCUT2D eigenvalue weighted by Gasteiger charge is 2.53. The van der Waals surface area contributed by atoms with Crippen LogP contribution in [-0.4, -0.2) is 68.0 Å². The maximum absolute atomic E-state index is 15.1. The number of ether oxygens (including phenoxy) is 1. The van der Waals surface area contributed by atoms with Crippen molar-refractivity contribution >= 4 is 16.1 Å². The van der Waals surface area contributed by atoms with E-state index in [0.29, 0.717) is 19.3 Å². The molecule has 10 heteroatoms. The van der Waals surface area contributed by atoms with E-state index in [4.69, 9.17) is 4.74 Å². The van der Waals surface area contributed by atoms with Crippen LogP contribution in [0.5, 0.6) is 0 Å². The first-order valence-corrected chi connectivity index (χ1v) is 9.59. The molecule has 2 aliphatic carbocycles. The normalized spacial score (nSPS) is 42.5. The van der Waals surface area contributed by atoms with Crippen molar-refractivity contribution in [1.82, 2.24) is 9.03 Å². The standard InChI is InChI=1S/C14H22F2N2O5S/c15-3-4-23-9-2-1-8-5-11(19)14(13(16)10(8)6-9)18-7-12(20)17-24(18,21)22/h8-11,13-14,19H,1-7H2,(H,17,20). The van der Waals surface area contributed by atoms with Crippen molar-refractivity contribution in [2.24, 2.45) is 11.8 Å². The van der Waals surface area contributed by atoms with Gasteiger partial charge in [-0.2, -0.15) is 12.7 Å². The van der Waals surface area contributed by atoms with Crippen molar-refractivity contribution in [1.29, 1.82) is 0 Å².